The van der Waals surface area contributed by atoms with Crippen molar-refractivity contribution in [2.75, 3.05) is 0 Å². The topological polar surface area (TPSA) is 20.2 Å². The van der Waals surface area contributed by atoms with Crippen molar-refractivity contribution in [3.05, 3.63) is 28.8 Å². The van der Waals surface area contributed by atoms with Gasteiger partial charge in [0, 0.05) is 10.3 Å². The zero-order chi connectivity index (χ0) is 10.3. The molecular weight excluding hydrogens is 230 g/mol. The molecule has 0 fully saturated rings. The summed E-state index contributed by atoms with van der Waals surface area (Å²) < 4.78 is 25.5. The van der Waals surface area contributed by atoms with Gasteiger partial charge in [0.15, 0.2) is 5.06 Å². The Labute approximate surface area is 87.5 Å². The van der Waals surface area contributed by atoms with Gasteiger partial charge in [0.05, 0.1) is 5.02 Å². The first-order valence-corrected chi connectivity index (χ1v) is 4.97. The molecule has 14 heavy (non-hydrogen) atoms. The second kappa shape index (κ2) is 3.37. The van der Waals surface area contributed by atoms with Gasteiger partial charge in [-0.15, -0.1) is 0 Å². The third-order valence-electron chi connectivity index (χ3n) is 1.86. The van der Waals surface area contributed by atoms with E-state index in [4.69, 9.17) is 16.7 Å². The number of rotatable bonds is 1. The van der Waals surface area contributed by atoms with Crippen molar-refractivity contribution in [2.45, 2.75) is 6.43 Å². The Kier molecular flexibility index (Phi) is 2.33. The molecule has 5 heteroatoms. The molecule has 0 aliphatic carbocycles. The molecule has 0 radical (unpaired) electrons. The van der Waals surface area contributed by atoms with Crippen molar-refractivity contribution >= 4 is 33.0 Å². The minimum Gasteiger partial charge on any atom is -0.499 e. The number of hydrogen-bond acceptors (Lipinski definition) is 2. The fraction of sp³-hybridized carbons (Fsp3) is 0.111. The minimum absolute atomic E-state index is 0.0364. The van der Waals surface area contributed by atoms with Gasteiger partial charge in [-0.2, -0.15) is 0 Å². The van der Waals surface area contributed by atoms with Gasteiger partial charge in [-0.3, -0.25) is 0 Å². The van der Waals surface area contributed by atoms with Gasteiger partial charge in [0.2, 0.25) is 0 Å². The third kappa shape index (κ3) is 1.55. The number of halogens is 3. The summed E-state index contributed by atoms with van der Waals surface area (Å²) in [6.45, 7) is 0. The van der Waals surface area contributed by atoms with Gasteiger partial charge in [-0.1, -0.05) is 22.9 Å². The molecule has 0 amide bonds. The van der Waals surface area contributed by atoms with Crippen LogP contribution in [0, 0.1) is 0 Å². The van der Waals surface area contributed by atoms with Crippen LogP contribution in [-0.4, -0.2) is 5.11 Å². The predicted octanol–water partition coefficient (Wildman–Crippen LogP) is 4.20. The fourth-order valence-corrected chi connectivity index (χ4v) is 2.37. The van der Waals surface area contributed by atoms with Crippen molar-refractivity contribution in [1.29, 1.82) is 0 Å². The van der Waals surface area contributed by atoms with E-state index < -0.39 is 6.43 Å². The first-order chi connectivity index (χ1) is 6.58. The SMILES string of the molecule is Oc1cc2cc(C(F)F)c(Cl)cc2s1. The van der Waals surface area contributed by atoms with Crippen LogP contribution in [0.4, 0.5) is 8.78 Å². The molecule has 0 atom stereocenters. The molecule has 0 aliphatic heterocycles. The molecule has 1 N–H and O–H groups in total. The molecular formula is C9H5ClF2OS. The van der Waals surface area contributed by atoms with Crippen molar-refractivity contribution in [3.8, 4) is 5.06 Å². The predicted molar refractivity (Wildman–Crippen MR) is 53.5 cm³/mol. The maximum Gasteiger partial charge on any atom is 0.265 e. The summed E-state index contributed by atoms with van der Waals surface area (Å²) in [6, 6.07) is 4.20. The summed E-state index contributed by atoms with van der Waals surface area (Å²) in [5.41, 5.74) is -0.197. The minimum atomic E-state index is -2.59. The van der Waals surface area contributed by atoms with Crippen LogP contribution in [0.15, 0.2) is 18.2 Å². The zero-order valence-corrected chi connectivity index (χ0v) is 8.37. The van der Waals surface area contributed by atoms with Crippen LogP contribution < -0.4 is 0 Å². The molecule has 0 unspecified atom stereocenters. The highest BCUT2D eigenvalue weighted by atomic mass is 35.5. The number of alkyl halides is 2. The Bertz CT molecular complexity index is 481. The molecule has 1 aromatic heterocycles. The van der Waals surface area contributed by atoms with Gasteiger partial charge in [0.1, 0.15) is 0 Å². The molecule has 1 heterocycles. The van der Waals surface area contributed by atoms with E-state index in [1.54, 1.807) is 0 Å². The smallest absolute Gasteiger partial charge is 0.265 e. The Morgan fingerprint density at radius 3 is 2.64 bits per heavy atom. The van der Waals surface area contributed by atoms with Crippen LogP contribution in [-0.2, 0) is 0 Å². The Morgan fingerprint density at radius 1 is 1.29 bits per heavy atom. The van der Waals surface area contributed by atoms with Crippen LogP contribution in [0.25, 0.3) is 10.1 Å². The van der Waals surface area contributed by atoms with E-state index in [1.165, 1.54) is 18.2 Å². The first kappa shape index (κ1) is 9.68. The molecule has 1 nitrogen and oxygen atoms in total. The summed E-state index contributed by atoms with van der Waals surface area (Å²) >= 11 is 6.77. The second-order valence-corrected chi connectivity index (χ2v) is 4.27. The van der Waals surface area contributed by atoms with Crippen molar-refractivity contribution < 1.29 is 13.9 Å². The number of aromatic hydroxyl groups is 1. The lowest BCUT2D eigenvalue weighted by atomic mass is 10.2. The Balaban J connectivity index is 2.70. The highest BCUT2D eigenvalue weighted by molar-refractivity contribution is 7.20. The maximum absolute atomic E-state index is 12.4. The number of hydrogen-bond donors (Lipinski definition) is 1. The van der Waals surface area contributed by atoms with Gasteiger partial charge in [-0.05, 0) is 23.6 Å². The quantitative estimate of drug-likeness (QED) is 0.784. The summed E-state index contributed by atoms with van der Waals surface area (Å²) in [6.07, 6.45) is -2.59. The molecule has 0 saturated heterocycles. The van der Waals surface area contributed by atoms with Crippen LogP contribution in [0.5, 0.6) is 5.06 Å². The highest BCUT2D eigenvalue weighted by Crippen LogP contribution is 2.37. The van der Waals surface area contributed by atoms with Gasteiger partial charge in [-0.25, -0.2) is 8.78 Å². The van der Waals surface area contributed by atoms with E-state index in [-0.39, 0.29) is 15.6 Å². The standard InChI is InChI=1S/C9H5ClF2OS/c10-6-3-7-4(2-8(13)14-7)1-5(6)9(11)12/h1-3,9,13H. The van der Waals surface area contributed by atoms with Crippen molar-refractivity contribution in [2.24, 2.45) is 0 Å². The fourth-order valence-electron chi connectivity index (χ4n) is 1.23. The summed E-state index contributed by atoms with van der Waals surface area (Å²) in [7, 11) is 0. The largest absolute Gasteiger partial charge is 0.499 e. The van der Waals surface area contributed by atoms with Gasteiger partial charge in [0.25, 0.3) is 6.43 Å². The third-order valence-corrected chi connectivity index (χ3v) is 3.09. The van der Waals surface area contributed by atoms with E-state index in [2.05, 4.69) is 0 Å². The van der Waals surface area contributed by atoms with Crippen LogP contribution >= 0.6 is 22.9 Å². The summed E-state index contributed by atoms with van der Waals surface area (Å²) in [4.78, 5) is 0. The van der Waals surface area contributed by atoms with Crippen molar-refractivity contribution in [3.63, 3.8) is 0 Å². The van der Waals surface area contributed by atoms with Crippen LogP contribution in [0.3, 0.4) is 0 Å². The van der Waals surface area contributed by atoms with E-state index in [1.807, 2.05) is 0 Å². The molecule has 0 spiro atoms. The molecule has 0 saturated carbocycles. The molecule has 0 aliphatic rings. The average molecular weight is 235 g/mol. The van der Waals surface area contributed by atoms with E-state index in [0.29, 0.717) is 10.1 Å². The number of thiophene rings is 1. The van der Waals surface area contributed by atoms with E-state index in [0.717, 1.165) is 11.3 Å². The maximum atomic E-state index is 12.4. The van der Waals surface area contributed by atoms with Crippen molar-refractivity contribution in [1.82, 2.24) is 0 Å². The zero-order valence-electron chi connectivity index (χ0n) is 6.80. The van der Waals surface area contributed by atoms with E-state index in [9.17, 15) is 8.78 Å². The Hall–Kier alpha value is -0.870. The summed E-state index contributed by atoms with van der Waals surface area (Å²) in [5, 5.41) is 9.89. The molecule has 1 aromatic carbocycles. The summed E-state index contributed by atoms with van der Waals surface area (Å²) in [5.74, 6) is 0. The van der Waals surface area contributed by atoms with Crippen LogP contribution in [0.1, 0.15) is 12.0 Å². The average Bonchev–Trinajstić information content (AvgIpc) is 2.42. The van der Waals surface area contributed by atoms with E-state index >= 15 is 0 Å². The molecule has 2 rings (SSSR count). The molecule has 74 valence electrons. The first-order valence-electron chi connectivity index (χ1n) is 3.78. The Morgan fingerprint density at radius 2 is 2.00 bits per heavy atom. The normalized spacial score (nSPS) is 11.4. The molecule has 0 bridgehead atoms. The van der Waals surface area contributed by atoms with Gasteiger partial charge < -0.3 is 5.11 Å². The number of benzene rings is 1. The monoisotopic (exact) mass is 234 g/mol. The molecule has 2 aromatic rings. The second-order valence-electron chi connectivity index (χ2n) is 2.80. The van der Waals surface area contributed by atoms with Gasteiger partial charge >= 0.3 is 0 Å². The highest BCUT2D eigenvalue weighted by Gasteiger charge is 2.14. The van der Waals surface area contributed by atoms with Crippen LogP contribution in [0.2, 0.25) is 5.02 Å². The lowest BCUT2D eigenvalue weighted by Crippen LogP contribution is -1.84. The lowest BCUT2D eigenvalue weighted by Gasteiger charge is -2.02. The number of fused-ring (bicyclic) bond motifs is 1. The lowest BCUT2D eigenvalue weighted by molar-refractivity contribution is 0.151.